The highest BCUT2D eigenvalue weighted by molar-refractivity contribution is 9.10. The summed E-state index contributed by atoms with van der Waals surface area (Å²) in [6.07, 6.45) is 1.06. The number of rotatable bonds is 8. The Balaban J connectivity index is 2.04. The molecule has 0 aromatic heterocycles. The van der Waals surface area contributed by atoms with E-state index in [4.69, 9.17) is 9.79 Å². The van der Waals surface area contributed by atoms with Gasteiger partial charge in [0, 0.05) is 27.2 Å². The highest BCUT2D eigenvalue weighted by atomic mass is 79.9. The third-order valence-electron chi connectivity index (χ3n) is 3.49. The summed E-state index contributed by atoms with van der Waals surface area (Å²) in [5.74, 6) is 1.02. The lowest BCUT2D eigenvalue weighted by Gasteiger charge is -2.19. The van der Waals surface area contributed by atoms with Crippen LogP contribution in [0.1, 0.15) is 16.7 Å². The largest absolute Gasteiger partial charge is 0.399 e. The Morgan fingerprint density at radius 1 is 1.14 bits per heavy atom. The van der Waals surface area contributed by atoms with E-state index in [1.54, 1.807) is 18.2 Å². The Labute approximate surface area is 174 Å². The van der Waals surface area contributed by atoms with Crippen molar-refractivity contribution in [1.29, 1.82) is 0 Å². The summed E-state index contributed by atoms with van der Waals surface area (Å²) in [5.41, 5.74) is -3.03. The SMILES string of the molecule is CS(=O)(=O)Nc1cccc(CSCc2ccc(C(F)(F)P(=O)(O)O)c(Br)c2)c1. The van der Waals surface area contributed by atoms with Gasteiger partial charge >= 0.3 is 13.3 Å². The van der Waals surface area contributed by atoms with Crippen LogP contribution in [0, 0.1) is 0 Å². The van der Waals surface area contributed by atoms with E-state index in [1.807, 2.05) is 6.07 Å². The predicted molar refractivity (Wildman–Crippen MR) is 110 cm³/mol. The molecule has 0 bridgehead atoms. The van der Waals surface area contributed by atoms with E-state index in [2.05, 4.69) is 20.7 Å². The van der Waals surface area contributed by atoms with Gasteiger partial charge in [0.15, 0.2) is 0 Å². The number of nitrogens with one attached hydrogen (secondary N) is 1. The molecule has 0 amide bonds. The minimum atomic E-state index is -5.63. The van der Waals surface area contributed by atoms with E-state index < -0.39 is 28.8 Å². The fourth-order valence-corrected chi connectivity index (χ4v) is 5.10. The molecule has 0 aliphatic heterocycles. The van der Waals surface area contributed by atoms with Crippen molar-refractivity contribution in [1.82, 2.24) is 0 Å². The Morgan fingerprint density at radius 2 is 1.75 bits per heavy atom. The maximum Gasteiger partial charge on any atom is 0.399 e. The zero-order valence-corrected chi connectivity index (χ0v) is 18.6. The number of thioether (sulfide) groups is 1. The summed E-state index contributed by atoms with van der Waals surface area (Å²) in [5, 5.41) is 0. The number of anilines is 1. The van der Waals surface area contributed by atoms with Crippen molar-refractivity contribution in [3.05, 3.63) is 63.6 Å². The van der Waals surface area contributed by atoms with Crippen LogP contribution in [-0.4, -0.2) is 24.5 Å². The highest BCUT2D eigenvalue weighted by Crippen LogP contribution is 2.60. The van der Waals surface area contributed by atoms with E-state index in [0.717, 1.165) is 17.9 Å². The molecule has 0 spiro atoms. The molecule has 0 radical (unpaired) electrons. The first-order chi connectivity index (χ1) is 12.8. The fourth-order valence-electron chi connectivity index (χ4n) is 2.27. The smallest absolute Gasteiger partial charge is 0.320 e. The van der Waals surface area contributed by atoms with E-state index in [-0.39, 0.29) is 4.47 Å². The first-order valence-corrected chi connectivity index (χ1v) is 13.1. The Kier molecular flexibility index (Phi) is 7.33. The molecule has 0 fully saturated rings. The Bertz CT molecular complexity index is 1010. The predicted octanol–water partition coefficient (Wildman–Crippen LogP) is 4.48. The molecule has 0 aliphatic rings. The first kappa shape index (κ1) is 23.3. The monoisotopic (exact) mass is 515 g/mol. The maximum atomic E-state index is 13.8. The van der Waals surface area contributed by atoms with Crippen LogP contribution in [0.25, 0.3) is 0 Å². The van der Waals surface area contributed by atoms with Crippen molar-refractivity contribution in [3.63, 3.8) is 0 Å². The molecule has 2 aromatic carbocycles. The van der Waals surface area contributed by atoms with E-state index in [0.29, 0.717) is 22.8 Å². The molecule has 0 saturated heterocycles. The van der Waals surface area contributed by atoms with Crippen molar-refractivity contribution in [2.45, 2.75) is 17.2 Å². The van der Waals surface area contributed by atoms with Gasteiger partial charge in [0.05, 0.1) is 6.26 Å². The van der Waals surface area contributed by atoms with Crippen LogP contribution in [0.15, 0.2) is 46.9 Å². The number of alkyl halides is 2. The molecule has 6 nitrogen and oxygen atoms in total. The van der Waals surface area contributed by atoms with Gasteiger partial charge in [-0.1, -0.05) is 40.2 Å². The summed E-state index contributed by atoms with van der Waals surface area (Å²) in [7, 11) is -9.00. The van der Waals surface area contributed by atoms with Crippen LogP contribution in [-0.2, 0) is 31.8 Å². The average Bonchev–Trinajstić information content (AvgIpc) is 2.52. The zero-order valence-electron chi connectivity index (χ0n) is 14.5. The lowest BCUT2D eigenvalue weighted by Crippen LogP contribution is -2.14. The standard InChI is InChI=1S/C16H17BrF2NO5PS2/c1-28(24,25)20-13-4-2-3-11(7-13)9-27-10-12-5-6-14(15(17)8-12)16(18,19)26(21,22)23/h2-8,20H,9-10H2,1H3,(H2,21,22,23). The molecular weight excluding hydrogens is 499 g/mol. The molecule has 154 valence electrons. The van der Waals surface area contributed by atoms with Crippen LogP contribution in [0.2, 0.25) is 0 Å². The zero-order chi connectivity index (χ0) is 21.2. The van der Waals surface area contributed by atoms with Gasteiger partial charge in [-0.2, -0.15) is 20.5 Å². The van der Waals surface area contributed by atoms with Crippen LogP contribution in [0.4, 0.5) is 14.5 Å². The van der Waals surface area contributed by atoms with Crippen LogP contribution in [0.3, 0.4) is 0 Å². The summed E-state index contributed by atoms with van der Waals surface area (Å²) in [6.45, 7) is 0. The number of sulfonamides is 1. The molecule has 28 heavy (non-hydrogen) atoms. The normalized spacial score (nSPS) is 12.8. The van der Waals surface area contributed by atoms with Gasteiger partial charge in [-0.05, 0) is 29.3 Å². The van der Waals surface area contributed by atoms with E-state index >= 15 is 0 Å². The van der Waals surface area contributed by atoms with Gasteiger partial charge in [-0.15, -0.1) is 0 Å². The average molecular weight is 516 g/mol. The van der Waals surface area contributed by atoms with Crippen molar-refractivity contribution < 1.29 is 31.6 Å². The second kappa shape index (κ2) is 8.81. The highest BCUT2D eigenvalue weighted by Gasteiger charge is 2.51. The number of hydrogen-bond acceptors (Lipinski definition) is 4. The quantitative estimate of drug-likeness (QED) is 0.447. The molecule has 2 aromatic rings. The molecule has 0 heterocycles. The van der Waals surface area contributed by atoms with Crippen molar-refractivity contribution in [2.75, 3.05) is 11.0 Å². The van der Waals surface area contributed by atoms with Crippen LogP contribution >= 0.6 is 35.3 Å². The third kappa shape index (κ3) is 6.27. The molecule has 2 rings (SSSR count). The summed E-state index contributed by atoms with van der Waals surface area (Å²) in [4.78, 5) is 17.7. The van der Waals surface area contributed by atoms with Gasteiger partial charge in [-0.3, -0.25) is 9.29 Å². The summed E-state index contributed by atoms with van der Waals surface area (Å²) < 4.78 is 63.6. The van der Waals surface area contributed by atoms with Gasteiger partial charge in [0.2, 0.25) is 10.0 Å². The number of benzene rings is 2. The molecule has 0 unspecified atom stereocenters. The summed E-state index contributed by atoms with van der Waals surface area (Å²) in [6, 6.07) is 10.7. The van der Waals surface area contributed by atoms with Crippen LogP contribution in [0.5, 0.6) is 0 Å². The third-order valence-corrected chi connectivity index (χ3v) is 6.80. The van der Waals surface area contributed by atoms with Gasteiger partial charge in [0.25, 0.3) is 0 Å². The molecule has 0 aliphatic carbocycles. The molecule has 3 N–H and O–H groups in total. The van der Waals surface area contributed by atoms with Crippen molar-refractivity contribution in [2.24, 2.45) is 0 Å². The van der Waals surface area contributed by atoms with E-state index in [1.165, 1.54) is 23.9 Å². The second-order valence-electron chi connectivity index (χ2n) is 5.97. The molecular formula is C16H17BrF2NO5PS2. The second-order valence-corrected chi connectivity index (χ2v) is 11.2. The fraction of sp³-hybridized carbons (Fsp3) is 0.250. The van der Waals surface area contributed by atoms with Crippen molar-refractivity contribution >= 4 is 51.0 Å². The lowest BCUT2D eigenvalue weighted by molar-refractivity contribution is 0.0557. The van der Waals surface area contributed by atoms with E-state index in [9.17, 15) is 21.8 Å². The lowest BCUT2D eigenvalue weighted by atomic mass is 10.1. The van der Waals surface area contributed by atoms with Crippen molar-refractivity contribution in [3.8, 4) is 0 Å². The molecule has 0 saturated carbocycles. The van der Waals surface area contributed by atoms with Gasteiger partial charge in [0.1, 0.15) is 0 Å². The summed E-state index contributed by atoms with van der Waals surface area (Å²) >= 11 is 4.43. The number of hydrogen-bond donors (Lipinski definition) is 3. The maximum absolute atomic E-state index is 13.8. The Morgan fingerprint density at radius 3 is 2.29 bits per heavy atom. The minimum absolute atomic E-state index is 0.0849. The van der Waals surface area contributed by atoms with Gasteiger partial charge in [-0.25, -0.2) is 8.42 Å². The molecule has 12 heteroatoms. The minimum Gasteiger partial charge on any atom is -0.320 e. The topological polar surface area (TPSA) is 104 Å². The van der Waals surface area contributed by atoms with Gasteiger partial charge < -0.3 is 9.79 Å². The van der Waals surface area contributed by atoms with Crippen LogP contribution < -0.4 is 4.72 Å². The Hall–Kier alpha value is -0.970. The number of halogens is 3. The first-order valence-electron chi connectivity index (χ1n) is 7.66. The molecule has 0 atom stereocenters.